The first-order valence-corrected chi connectivity index (χ1v) is 14.5. The van der Waals surface area contributed by atoms with Crippen molar-refractivity contribution < 1.29 is 19.5 Å². The van der Waals surface area contributed by atoms with Crippen molar-refractivity contribution >= 4 is 53.4 Å². The number of rotatable bonds is 4. The first-order valence-electron chi connectivity index (χ1n) is 19.1. The lowest BCUT2D eigenvalue weighted by atomic mass is 10.0. The van der Waals surface area contributed by atoms with E-state index >= 15 is 0 Å². The smallest absolute Gasteiger partial charge is 0.164 e. The summed E-state index contributed by atoms with van der Waals surface area (Å²) >= 11 is 0.851. The molecule has 9 aromatic rings. The van der Waals surface area contributed by atoms with Crippen LogP contribution in [0.15, 0.2) is 144 Å². The second-order valence-corrected chi connectivity index (χ2v) is 11.0. The third-order valence-corrected chi connectivity index (χ3v) is 8.46. The van der Waals surface area contributed by atoms with Gasteiger partial charge in [-0.1, -0.05) is 115 Å². The number of thiophene rings is 1. The Bertz CT molecular complexity index is 3100. The first kappa shape index (κ1) is 16.3. The van der Waals surface area contributed by atoms with Crippen molar-refractivity contribution in [1.29, 1.82) is 0 Å². The van der Waals surface area contributed by atoms with E-state index in [0.717, 1.165) is 22.1 Å². The molecule has 0 bridgehead atoms. The lowest BCUT2D eigenvalue weighted by Gasteiger charge is -2.09. The number of aromatic nitrogens is 3. The normalized spacial score (nSPS) is 15.1. The number of hydrogen-bond acceptors (Lipinski definition) is 5. The van der Waals surface area contributed by atoms with Gasteiger partial charge in [-0.25, -0.2) is 15.0 Å². The van der Waals surface area contributed by atoms with Crippen molar-refractivity contribution in [1.82, 2.24) is 15.0 Å². The molecule has 3 aromatic heterocycles. The van der Waals surface area contributed by atoms with Crippen LogP contribution in [0.1, 0.15) is 15.1 Å². The van der Waals surface area contributed by atoms with Gasteiger partial charge in [0.05, 0.1) is 15.1 Å². The topological polar surface area (TPSA) is 51.8 Å². The van der Waals surface area contributed by atoms with Crippen LogP contribution in [0.4, 0.5) is 0 Å². The molecule has 0 N–H and O–H groups in total. The Morgan fingerprint density at radius 3 is 2.05 bits per heavy atom. The molecule has 0 fully saturated rings. The SMILES string of the molecule is [2H]c1c([2H])c(-c2c([2H])c([2H])c([2H])c3c2sc2c([2H])c([2H])c([2H])c([2H])c23)c([2H])c([2H])c1-c1nc(-c2ccccc2)nc(-c2ccc3c(c2)oc2ccccc23)n1. The van der Waals surface area contributed by atoms with Crippen molar-refractivity contribution in [3.05, 3.63) is 139 Å². The molecule has 0 aliphatic carbocycles. The van der Waals surface area contributed by atoms with Gasteiger partial charge in [-0.15, -0.1) is 11.3 Å². The molecule has 0 saturated heterocycles. The third kappa shape index (κ3) is 4.09. The molecule has 0 aliphatic rings. The zero-order valence-corrected chi connectivity index (χ0v) is 23.4. The van der Waals surface area contributed by atoms with E-state index in [2.05, 4.69) is 9.97 Å². The van der Waals surface area contributed by atoms with E-state index in [0.29, 0.717) is 22.3 Å². The van der Waals surface area contributed by atoms with Crippen LogP contribution in [0.5, 0.6) is 0 Å². The van der Waals surface area contributed by atoms with E-state index in [1.807, 2.05) is 54.6 Å². The van der Waals surface area contributed by atoms with Crippen LogP contribution in [0.25, 0.3) is 87.4 Å². The standard InChI is InChI=1S/C39H23N3OS/c1-2-9-25(10-3-1)37-40-38(42-39(41-37)27-21-22-30-29-11-4-6-15-33(29)43-34(30)23-27)26-19-17-24(18-20-26)28-13-8-14-32-31-12-5-7-16-35(31)44-36(28)32/h1-23H/i5D,7D,8D,12D,13D,14D,16D,17D,18D,19D,20D. The Morgan fingerprint density at radius 2 is 1.18 bits per heavy atom. The number of fused-ring (bicyclic) bond motifs is 6. The highest BCUT2D eigenvalue weighted by Gasteiger charge is 2.15. The highest BCUT2D eigenvalue weighted by atomic mass is 32.1. The van der Waals surface area contributed by atoms with E-state index < -0.39 is 60.4 Å². The molecule has 0 saturated carbocycles. The fraction of sp³-hybridized carbons (Fsp3) is 0. The van der Waals surface area contributed by atoms with E-state index in [4.69, 9.17) is 19.0 Å². The average molecular weight is 593 g/mol. The van der Waals surface area contributed by atoms with Gasteiger partial charge in [0.2, 0.25) is 0 Å². The van der Waals surface area contributed by atoms with Gasteiger partial charge in [0.1, 0.15) is 11.2 Å². The molecular formula is C39H23N3OS. The largest absolute Gasteiger partial charge is 0.456 e. The molecular weight excluding hydrogens is 559 g/mol. The minimum absolute atomic E-state index is 0.00961. The minimum atomic E-state index is -0.591. The second-order valence-electron chi connectivity index (χ2n) is 9.99. The van der Waals surface area contributed by atoms with Crippen molar-refractivity contribution in [3.8, 4) is 45.3 Å². The first-order chi connectivity index (χ1) is 26.4. The molecule has 0 radical (unpaired) electrons. The molecule has 3 heterocycles. The second kappa shape index (κ2) is 9.97. The molecule has 0 unspecified atom stereocenters. The van der Waals surface area contributed by atoms with Crippen molar-refractivity contribution in [2.24, 2.45) is 0 Å². The van der Waals surface area contributed by atoms with Gasteiger partial charge in [-0.2, -0.15) is 0 Å². The van der Waals surface area contributed by atoms with Gasteiger partial charge >= 0.3 is 0 Å². The van der Waals surface area contributed by atoms with Crippen molar-refractivity contribution in [2.45, 2.75) is 0 Å². The molecule has 5 heteroatoms. The van der Waals surface area contributed by atoms with Crippen LogP contribution in [0, 0.1) is 0 Å². The summed E-state index contributed by atoms with van der Waals surface area (Å²) in [5.74, 6) is 0.274. The predicted molar refractivity (Wildman–Crippen MR) is 182 cm³/mol. The van der Waals surface area contributed by atoms with E-state index in [1.165, 1.54) is 0 Å². The quantitative estimate of drug-likeness (QED) is 0.204. The predicted octanol–water partition coefficient (Wildman–Crippen LogP) is 10.8. The molecule has 0 spiro atoms. The van der Waals surface area contributed by atoms with E-state index in [9.17, 15) is 5.48 Å². The van der Waals surface area contributed by atoms with Gasteiger partial charge in [-0.3, -0.25) is 0 Å². The number of hydrogen-bond donors (Lipinski definition) is 0. The van der Waals surface area contributed by atoms with E-state index in [-0.39, 0.29) is 60.4 Å². The fourth-order valence-corrected chi connectivity index (χ4v) is 6.32. The maximum atomic E-state index is 9.23. The minimum Gasteiger partial charge on any atom is -0.456 e. The highest BCUT2D eigenvalue weighted by Crippen LogP contribution is 2.40. The molecule has 44 heavy (non-hydrogen) atoms. The van der Waals surface area contributed by atoms with Gasteiger partial charge in [0.15, 0.2) is 17.5 Å². The lowest BCUT2D eigenvalue weighted by Crippen LogP contribution is -2.00. The zero-order chi connectivity index (χ0) is 38.6. The monoisotopic (exact) mass is 592 g/mol. The van der Waals surface area contributed by atoms with Gasteiger partial charge in [0, 0.05) is 47.6 Å². The Kier molecular flexibility index (Phi) is 3.69. The van der Waals surface area contributed by atoms with Crippen LogP contribution < -0.4 is 0 Å². The summed E-state index contributed by atoms with van der Waals surface area (Å²) < 4.78 is 103. The van der Waals surface area contributed by atoms with Gasteiger partial charge < -0.3 is 4.42 Å². The Morgan fingerprint density at radius 1 is 0.500 bits per heavy atom. The average Bonchev–Trinajstić information content (AvgIpc) is 3.78. The Hall–Kier alpha value is -5.65. The summed E-state index contributed by atoms with van der Waals surface area (Å²) in [6.07, 6.45) is 0. The molecule has 206 valence electrons. The summed E-state index contributed by atoms with van der Waals surface area (Å²) in [4.78, 5) is 14.1. The summed E-state index contributed by atoms with van der Waals surface area (Å²) in [6, 6.07) is 16.6. The van der Waals surface area contributed by atoms with Gasteiger partial charge in [0.25, 0.3) is 0 Å². The summed E-state index contributed by atoms with van der Waals surface area (Å²) in [5, 5.41) is 1.79. The molecule has 9 rings (SSSR count). The van der Waals surface area contributed by atoms with Crippen molar-refractivity contribution in [2.75, 3.05) is 0 Å². The molecule has 0 amide bonds. The van der Waals surface area contributed by atoms with Crippen LogP contribution in [-0.2, 0) is 0 Å². The molecule has 6 aromatic carbocycles. The summed E-state index contributed by atoms with van der Waals surface area (Å²) in [5.41, 5.74) is 1.73. The number of nitrogens with zero attached hydrogens (tertiary/aromatic N) is 3. The Labute approximate surface area is 272 Å². The summed E-state index contributed by atoms with van der Waals surface area (Å²) in [6.45, 7) is 0. The Balaban J connectivity index is 1.30. The lowest BCUT2D eigenvalue weighted by molar-refractivity contribution is 0.669. The van der Waals surface area contributed by atoms with Crippen LogP contribution in [0.2, 0.25) is 0 Å². The zero-order valence-electron chi connectivity index (χ0n) is 33.6. The van der Waals surface area contributed by atoms with Crippen LogP contribution in [-0.4, -0.2) is 15.0 Å². The van der Waals surface area contributed by atoms with Gasteiger partial charge in [-0.05, 0) is 35.4 Å². The molecule has 0 atom stereocenters. The molecule has 0 aliphatic heterocycles. The number of benzene rings is 6. The van der Waals surface area contributed by atoms with Crippen LogP contribution >= 0.6 is 11.3 Å². The highest BCUT2D eigenvalue weighted by molar-refractivity contribution is 7.26. The maximum Gasteiger partial charge on any atom is 0.164 e. The van der Waals surface area contributed by atoms with Crippen molar-refractivity contribution in [3.63, 3.8) is 0 Å². The van der Waals surface area contributed by atoms with Crippen LogP contribution in [0.3, 0.4) is 0 Å². The maximum absolute atomic E-state index is 9.23. The summed E-state index contributed by atoms with van der Waals surface area (Å²) in [7, 11) is 0. The number of para-hydroxylation sites is 1. The molecule has 4 nitrogen and oxygen atoms in total. The van der Waals surface area contributed by atoms with E-state index in [1.54, 1.807) is 18.2 Å². The third-order valence-electron chi connectivity index (χ3n) is 7.34. The fourth-order valence-electron chi connectivity index (χ4n) is 5.25. The number of furan rings is 1.